The van der Waals surface area contributed by atoms with Gasteiger partial charge in [0.15, 0.2) is 0 Å². The molecule has 2 aromatic heterocycles. The summed E-state index contributed by atoms with van der Waals surface area (Å²) in [6, 6.07) is 58.0. The molecule has 10 rings (SSSR count). The van der Waals surface area contributed by atoms with Crippen LogP contribution in [0, 0.1) is 0 Å². The molecule has 3 nitrogen and oxygen atoms in total. The van der Waals surface area contributed by atoms with Gasteiger partial charge in [0.25, 0.3) is 0 Å². The van der Waals surface area contributed by atoms with E-state index in [1.807, 2.05) is 24.3 Å². The number of hydrogen-bond acceptors (Lipinski definition) is 3. The molecule has 8 aromatic carbocycles. The summed E-state index contributed by atoms with van der Waals surface area (Å²) in [6.45, 7) is 0. The van der Waals surface area contributed by atoms with Crippen LogP contribution in [-0.2, 0) is 0 Å². The Morgan fingerprint density at radius 1 is 0.340 bits per heavy atom. The molecule has 0 N–H and O–H groups in total. The van der Waals surface area contributed by atoms with Crippen LogP contribution in [0.2, 0.25) is 0 Å². The van der Waals surface area contributed by atoms with E-state index in [4.69, 9.17) is 8.83 Å². The average Bonchev–Trinajstić information content (AvgIpc) is 3.70. The van der Waals surface area contributed by atoms with Crippen LogP contribution in [0.5, 0.6) is 0 Å². The van der Waals surface area contributed by atoms with Crippen molar-refractivity contribution in [3.8, 4) is 11.1 Å². The molecule has 0 bridgehead atoms. The van der Waals surface area contributed by atoms with Gasteiger partial charge in [-0.3, -0.25) is 0 Å². The fourth-order valence-corrected chi connectivity index (χ4v) is 7.25. The highest BCUT2D eigenvalue weighted by atomic mass is 16.3. The maximum atomic E-state index is 6.35. The Kier molecular flexibility index (Phi) is 5.57. The second-order valence-corrected chi connectivity index (χ2v) is 12.1. The SMILES string of the molecule is c1ccc2c(-c3ccc(N(c4ccc5c(ccc6oc7ccccc7c65)c4)c4ccc5c(c4)oc4ccccc45)cc3)cccc2c1. The summed E-state index contributed by atoms with van der Waals surface area (Å²) in [5, 5.41) is 9.36. The van der Waals surface area contributed by atoms with Crippen LogP contribution in [0.25, 0.3) is 76.5 Å². The van der Waals surface area contributed by atoms with Crippen LogP contribution in [-0.4, -0.2) is 0 Å². The lowest BCUT2D eigenvalue weighted by molar-refractivity contribution is 0.668. The molecule has 220 valence electrons. The maximum absolute atomic E-state index is 6.35. The van der Waals surface area contributed by atoms with Gasteiger partial charge in [0.2, 0.25) is 0 Å². The summed E-state index contributed by atoms with van der Waals surface area (Å²) in [5.74, 6) is 0. The third-order valence-corrected chi connectivity index (χ3v) is 9.45. The predicted molar refractivity (Wildman–Crippen MR) is 196 cm³/mol. The standard InChI is InChI=1S/C44H27NO2/c1-2-10-34-28(8-1)9-7-13-35(34)29-16-19-31(20-17-29)45(33-22-24-38-37-11-3-5-14-40(37)47-43(38)27-33)32-21-23-36-30(26-32)18-25-42-44(36)39-12-4-6-15-41(39)46-42/h1-27H. The summed E-state index contributed by atoms with van der Waals surface area (Å²) < 4.78 is 12.5. The van der Waals surface area contributed by atoms with Crippen molar-refractivity contribution in [1.29, 1.82) is 0 Å². The molecule has 0 amide bonds. The van der Waals surface area contributed by atoms with Gasteiger partial charge in [0.05, 0.1) is 0 Å². The molecule has 0 aliphatic rings. The molecule has 0 aliphatic carbocycles. The Morgan fingerprint density at radius 2 is 0.957 bits per heavy atom. The predicted octanol–water partition coefficient (Wildman–Crippen LogP) is 12.9. The van der Waals surface area contributed by atoms with E-state index >= 15 is 0 Å². The molecular weight excluding hydrogens is 574 g/mol. The number of hydrogen-bond donors (Lipinski definition) is 0. The van der Waals surface area contributed by atoms with Gasteiger partial charge in [-0.2, -0.15) is 0 Å². The highest BCUT2D eigenvalue weighted by Gasteiger charge is 2.18. The zero-order valence-electron chi connectivity index (χ0n) is 25.4. The molecule has 0 saturated heterocycles. The zero-order valence-corrected chi connectivity index (χ0v) is 25.4. The topological polar surface area (TPSA) is 29.5 Å². The van der Waals surface area contributed by atoms with E-state index in [9.17, 15) is 0 Å². The number of anilines is 3. The number of furan rings is 2. The molecule has 47 heavy (non-hydrogen) atoms. The third kappa shape index (κ3) is 4.07. The summed E-state index contributed by atoms with van der Waals surface area (Å²) in [6.07, 6.45) is 0. The molecule has 2 heterocycles. The molecule has 0 atom stereocenters. The van der Waals surface area contributed by atoms with Gasteiger partial charge in [-0.05, 0) is 87.3 Å². The molecule has 0 fully saturated rings. The Morgan fingerprint density at radius 3 is 1.81 bits per heavy atom. The normalized spacial score (nSPS) is 11.8. The van der Waals surface area contributed by atoms with Gasteiger partial charge in [-0.25, -0.2) is 0 Å². The second kappa shape index (κ2) is 10.1. The Hall–Kier alpha value is -6.32. The number of rotatable bonds is 4. The minimum Gasteiger partial charge on any atom is -0.456 e. The van der Waals surface area contributed by atoms with Crippen LogP contribution >= 0.6 is 0 Å². The molecule has 3 heteroatoms. The van der Waals surface area contributed by atoms with E-state index in [0.717, 1.165) is 66.3 Å². The van der Waals surface area contributed by atoms with Crippen molar-refractivity contribution in [2.45, 2.75) is 0 Å². The molecule has 0 saturated carbocycles. The van der Waals surface area contributed by atoms with Crippen molar-refractivity contribution < 1.29 is 8.83 Å². The van der Waals surface area contributed by atoms with Crippen LogP contribution in [0.3, 0.4) is 0 Å². The number of fused-ring (bicyclic) bond motifs is 9. The van der Waals surface area contributed by atoms with Crippen molar-refractivity contribution in [2.24, 2.45) is 0 Å². The second-order valence-electron chi connectivity index (χ2n) is 12.1. The third-order valence-electron chi connectivity index (χ3n) is 9.45. The minimum atomic E-state index is 0.869. The molecule has 10 aromatic rings. The Bertz CT molecular complexity index is 2800. The minimum absolute atomic E-state index is 0.869. The van der Waals surface area contributed by atoms with E-state index in [1.54, 1.807) is 0 Å². The number of benzene rings is 8. The lowest BCUT2D eigenvalue weighted by atomic mass is 9.98. The molecule has 0 spiro atoms. The van der Waals surface area contributed by atoms with Gasteiger partial charge in [-0.1, -0.05) is 103 Å². The molecule has 0 aliphatic heterocycles. The first-order valence-electron chi connectivity index (χ1n) is 15.9. The van der Waals surface area contributed by atoms with Gasteiger partial charge >= 0.3 is 0 Å². The van der Waals surface area contributed by atoms with Gasteiger partial charge in [0, 0.05) is 44.7 Å². The quantitative estimate of drug-likeness (QED) is 0.201. The first kappa shape index (κ1) is 26.0. The first-order valence-corrected chi connectivity index (χ1v) is 15.9. The Balaban J connectivity index is 1.15. The zero-order chi connectivity index (χ0) is 30.9. The van der Waals surface area contributed by atoms with Crippen molar-refractivity contribution in [3.63, 3.8) is 0 Å². The van der Waals surface area contributed by atoms with E-state index in [-0.39, 0.29) is 0 Å². The molecule has 0 radical (unpaired) electrons. The fraction of sp³-hybridized carbons (Fsp3) is 0. The summed E-state index contributed by atoms with van der Waals surface area (Å²) >= 11 is 0. The van der Waals surface area contributed by atoms with Crippen molar-refractivity contribution >= 4 is 82.5 Å². The highest BCUT2D eigenvalue weighted by Crippen LogP contribution is 2.42. The lowest BCUT2D eigenvalue weighted by Crippen LogP contribution is -2.09. The van der Waals surface area contributed by atoms with Crippen LogP contribution in [0.15, 0.2) is 173 Å². The average molecular weight is 602 g/mol. The van der Waals surface area contributed by atoms with Crippen LogP contribution < -0.4 is 4.90 Å². The van der Waals surface area contributed by atoms with Crippen molar-refractivity contribution in [3.05, 3.63) is 164 Å². The summed E-state index contributed by atoms with van der Waals surface area (Å²) in [5.41, 5.74) is 9.16. The lowest BCUT2D eigenvalue weighted by Gasteiger charge is -2.26. The van der Waals surface area contributed by atoms with Crippen LogP contribution in [0.4, 0.5) is 17.1 Å². The van der Waals surface area contributed by atoms with Crippen molar-refractivity contribution in [2.75, 3.05) is 4.90 Å². The number of nitrogens with zero attached hydrogens (tertiary/aromatic N) is 1. The van der Waals surface area contributed by atoms with E-state index in [1.165, 1.54) is 27.3 Å². The van der Waals surface area contributed by atoms with Crippen LogP contribution in [0.1, 0.15) is 0 Å². The number of para-hydroxylation sites is 2. The van der Waals surface area contributed by atoms with Gasteiger partial charge < -0.3 is 13.7 Å². The first-order chi connectivity index (χ1) is 23.3. The smallest absolute Gasteiger partial charge is 0.137 e. The molecular formula is C44H27NO2. The largest absolute Gasteiger partial charge is 0.456 e. The summed E-state index contributed by atoms with van der Waals surface area (Å²) in [4.78, 5) is 2.32. The highest BCUT2D eigenvalue weighted by molar-refractivity contribution is 6.19. The Labute approximate surface area is 270 Å². The van der Waals surface area contributed by atoms with Gasteiger partial charge in [-0.15, -0.1) is 0 Å². The van der Waals surface area contributed by atoms with Crippen molar-refractivity contribution in [1.82, 2.24) is 0 Å². The maximum Gasteiger partial charge on any atom is 0.137 e. The van der Waals surface area contributed by atoms with E-state index in [0.29, 0.717) is 0 Å². The monoisotopic (exact) mass is 601 g/mol. The van der Waals surface area contributed by atoms with Gasteiger partial charge in [0.1, 0.15) is 22.3 Å². The summed E-state index contributed by atoms with van der Waals surface area (Å²) in [7, 11) is 0. The fourth-order valence-electron chi connectivity index (χ4n) is 7.25. The van der Waals surface area contributed by atoms with E-state index < -0.39 is 0 Å². The molecule has 0 unspecified atom stereocenters. The van der Waals surface area contributed by atoms with E-state index in [2.05, 4.69) is 144 Å².